The first-order valence-electron chi connectivity index (χ1n) is 6.73. The number of carbonyl (C=O) groups excluding carboxylic acids is 1. The van der Waals surface area contributed by atoms with Crippen LogP contribution in [0, 0.1) is 0 Å². The first kappa shape index (κ1) is 17.5. The first-order valence-corrected chi connectivity index (χ1v) is 8.17. The molecular weight excluding hydrogens is 300 g/mol. The zero-order valence-electron chi connectivity index (χ0n) is 12.2. The van der Waals surface area contributed by atoms with Crippen molar-refractivity contribution < 1.29 is 23.2 Å². The molecule has 1 saturated carbocycles. The Morgan fingerprint density at radius 1 is 1.48 bits per heavy atom. The maximum absolute atomic E-state index is 12.3. The molecule has 0 bridgehead atoms. The largest absolute Gasteiger partial charge is 0.446 e. The highest BCUT2D eigenvalue weighted by molar-refractivity contribution is 7.87. The van der Waals surface area contributed by atoms with Gasteiger partial charge in [0.2, 0.25) is 0 Å². The molecule has 0 saturated heterocycles. The molecule has 0 atom stereocenters. The summed E-state index contributed by atoms with van der Waals surface area (Å²) in [6.45, 7) is 2.93. The average molecular weight is 322 g/mol. The number of rotatable bonds is 6. The van der Waals surface area contributed by atoms with Crippen LogP contribution in [0.1, 0.15) is 39.5 Å². The van der Waals surface area contributed by atoms with Gasteiger partial charge in [-0.3, -0.25) is 0 Å². The summed E-state index contributed by atoms with van der Waals surface area (Å²) in [4.78, 5) is 11.5. The van der Waals surface area contributed by atoms with Crippen LogP contribution in [0.3, 0.4) is 0 Å². The van der Waals surface area contributed by atoms with E-state index in [0.29, 0.717) is 12.8 Å². The molecule has 0 unspecified atom stereocenters. The van der Waals surface area contributed by atoms with Crippen LogP contribution < -0.4 is 10.5 Å². The van der Waals surface area contributed by atoms with Crippen LogP contribution >= 0.6 is 0 Å². The summed E-state index contributed by atoms with van der Waals surface area (Å²) < 4.78 is 32.2. The minimum atomic E-state index is -4.12. The highest BCUT2D eigenvalue weighted by Gasteiger charge is 2.34. The molecule has 0 aromatic carbocycles. The molecule has 0 radical (unpaired) electrons. The van der Waals surface area contributed by atoms with Crippen molar-refractivity contribution in [3.05, 3.63) is 0 Å². The smallest absolute Gasteiger partial charge is 0.422 e. The van der Waals surface area contributed by atoms with Gasteiger partial charge in [-0.05, 0) is 26.7 Å². The Balaban J connectivity index is 2.86. The zero-order chi connectivity index (χ0) is 16.0. The van der Waals surface area contributed by atoms with Gasteiger partial charge in [-0.25, -0.2) is 9.52 Å². The fourth-order valence-corrected chi connectivity index (χ4v) is 3.48. The van der Waals surface area contributed by atoms with E-state index in [2.05, 4.69) is 5.16 Å². The van der Waals surface area contributed by atoms with Gasteiger partial charge in [0.1, 0.15) is 0 Å². The van der Waals surface area contributed by atoms with E-state index in [0.717, 1.165) is 17.1 Å². The molecule has 10 heteroatoms. The zero-order valence-corrected chi connectivity index (χ0v) is 13.0. The third-order valence-corrected chi connectivity index (χ3v) is 4.51. The normalized spacial score (nSPS) is 17.4. The standard InChI is InChI=1S/C11H22N4O5S/c1-8(2)20-11(16)14-21(18,19)15(7-10(12)13-17)9-5-3-4-6-9/h8-9,17H,3-7H2,1-2H3,(H2,12,13)(H,14,16). The Morgan fingerprint density at radius 3 is 2.52 bits per heavy atom. The van der Waals surface area contributed by atoms with Gasteiger partial charge in [-0.2, -0.15) is 12.7 Å². The van der Waals surface area contributed by atoms with Gasteiger partial charge in [0.05, 0.1) is 12.6 Å². The van der Waals surface area contributed by atoms with Crippen LogP contribution in [0.25, 0.3) is 0 Å². The van der Waals surface area contributed by atoms with Crippen LogP contribution in [0.2, 0.25) is 0 Å². The predicted molar refractivity (Wildman–Crippen MR) is 76.0 cm³/mol. The Kier molecular flexibility index (Phi) is 6.21. The fraction of sp³-hybridized carbons (Fsp3) is 0.818. The first-order chi connectivity index (χ1) is 9.76. The topological polar surface area (TPSA) is 134 Å². The Bertz CT molecular complexity index is 485. The summed E-state index contributed by atoms with van der Waals surface area (Å²) in [5.74, 6) is -0.246. The van der Waals surface area contributed by atoms with Gasteiger partial charge < -0.3 is 15.7 Å². The lowest BCUT2D eigenvalue weighted by Crippen LogP contribution is -2.51. The minimum absolute atomic E-state index is 0.246. The molecule has 0 spiro atoms. The lowest BCUT2D eigenvalue weighted by atomic mass is 10.2. The number of carbonyl (C=O) groups is 1. The van der Waals surface area contributed by atoms with Crippen molar-refractivity contribution in [2.75, 3.05) is 6.54 Å². The SMILES string of the molecule is CC(C)OC(=O)NS(=O)(=O)N(CC(N)=NO)C1CCCC1. The molecule has 122 valence electrons. The van der Waals surface area contributed by atoms with E-state index in [9.17, 15) is 13.2 Å². The lowest BCUT2D eigenvalue weighted by Gasteiger charge is -2.27. The summed E-state index contributed by atoms with van der Waals surface area (Å²) in [5.41, 5.74) is 5.40. The van der Waals surface area contributed by atoms with E-state index in [1.54, 1.807) is 13.8 Å². The molecule has 4 N–H and O–H groups in total. The van der Waals surface area contributed by atoms with E-state index in [-0.39, 0.29) is 18.4 Å². The molecule has 1 amide bonds. The van der Waals surface area contributed by atoms with Crippen molar-refractivity contribution >= 4 is 22.1 Å². The van der Waals surface area contributed by atoms with Gasteiger partial charge in [-0.15, -0.1) is 0 Å². The number of nitrogens with zero attached hydrogens (tertiary/aromatic N) is 2. The van der Waals surface area contributed by atoms with Gasteiger partial charge in [-0.1, -0.05) is 18.0 Å². The van der Waals surface area contributed by atoms with E-state index in [1.165, 1.54) is 0 Å². The molecule has 0 aliphatic heterocycles. The quantitative estimate of drug-likeness (QED) is 0.280. The van der Waals surface area contributed by atoms with E-state index in [1.807, 2.05) is 4.72 Å². The third kappa shape index (κ3) is 5.38. The number of ether oxygens (including phenoxy) is 1. The Hall–Kier alpha value is -1.55. The molecule has 1 rings (SSSR count). The van der Waals surface area contributed by atoms with Crippen molar-refractivity contribution in [3.8, 4) is 0 Å². The molecule has 1 fully saturated rings. The Morgan fingerprint density at radius 2 is 2.05 bits per heavy atom. The molecular formula is C11H22N4O5S. The molecule has 21 heavy (non-hydrogen) atoms. The summed E-state index contributed by atoms with van der Waals surface area (Å²) >= 11 is 0. The second kappa shape index (κ2) is 7.46. The molecule has 1 aliphatic carbocycles. The number of hydrogen-bond donors (Lipinski definition) is 3. The number of oxime groups is 1. The highest BCUT2D eigenvalue weighted by Crippen LogP contribution is 2.25. The third-order valence-electron chi connectivity index (χ3n) is 3.04. The molecule has 0 aromatic rings. The molecule has 1 aliphatic rings. The summed E-state index contributed by atoms with van der Waals surface area (Å²) in [5, 5.41) is 11.4. The van der Waals surface area contributed by atoms with Crippen LogP contribution in [-0.4, -0.2) is 48.5 Å². The van der Waals surface area contributed by atoms with Gasteiger partial charge in [0.25, 0.3) is 0 Å². The average Bonchev–Trinajstić information content (AvgIpc) is 2.86. The van der Waals surface area contributed by atoms with Gasteiger partial charge >= 0.3 is 16.3 Å². The second-order valence-electron chi connectivity index (χ2n) is 5.14. The van der Waals surface area contributed by atoms with Crippen LogP contribution in [0.5, 0.6) is 0 Å². The lowest BCUT2D eigenvalue weighted by molar-refractivity contribution is 0.121. The van der Waals surface area contributed by atoms with E-state index < -0.39 is 22.4 Å². The fourth-order valence-electron chi connectivity index (χ4n) is 2.20. The van der Waals surface area contributed by atoms with Crippen molar-refractivity contribution in [2.45, 2.75) is 51.7 Å². The van der Waals surface area contributed by atoms with Crippen LogP contribution in [-0.2, 0) is 14.9 Å². The van der Waals surface area contributed by atoms with Crippen molar-refractivity contribution in [1.29, 1.82) is 0 Å². The highest BCUT2D eigenvalue weighted by atomic mass is 32.2. The summed E-state index contributed by atoms with van der Waals surface area (Å²) in [6, 6.07) is -0.283. The minimum Gasteiger partial charge on any atom is -0.446 e. The van der Waals surface area contributed by atoms with Crippen molar-refractivity contribution in [2.24, 2.45) is 10.9 Å². The monoisotopic (exact) mass is 322 g/mol. The van der Waals surface area contributed by atoms with Crippen LogP contribution in [0.15, 0.2) is 5.16 Å². The number of nitrogens with one attached hydrogen (secondary N) is 1. The van der Waals surface area contributed by atoms with Crippen molar-refractivity contribution in [3.63, 3.8) is 0 Å². The van der Waals surface area contributed by atoms with Gasteiger partial charge in [0, 0.05) is 6.04 Å². The maximum Gasteiger partial charge on any atom is 0.422 e. The molecule has 0 heterocycles. The Labute approximate surface area is 124 Å². The van der Waals surface area contributed by atoms with E-state index in [4.69, 9.17) is 15.7 Å². The summed E-state index contributed by atoms with van der Waals surface area (Å²) in [6.07, 6.45) is 1.63. The maximum atomic E-state index is 12.3. The molecule has 0 aromatic heterocycles. The predicted octanol–water partition coefficient (Wildman–Crippen LogP) is 0.357. The number of amidine groups is 1. The second-order valence-corrected chi connectivity index (χ2v) is 6.76. The number of amides is 1. The summed E-state index contributed by atoms with van der Waals surface area (Å²) in [7, 11) is -4.12. The van der Waals surface area contributed by atoms with Crippen LogP contribution in [0.4, 0.5) is 4.79 Å². The van der Waals surface area contributed by atoms with E-state index >= 15 is 0 Å². The van der Waals surface area contributed by atoms with Crippen molar-refractivity contribution in [1.82, 2.24) is 9.03 Å². The molecule has 9 nitrogen and oxygen atoms in total. The number of nitrogens with two attached hydrogens (primary N) is 1. The number of hydrogen-bond acceptors (Lipinski definition) is 6. The van der Waals surface area contributed by atoms with Gasteiger partial charge in [0.15, 0.2) is 5.84 Å².